The van der Waals surface area contributed by atoms with Crippen LogP contribution in [0.4, 0.5) is 26.3 Å². The van der Waals surface area contributed by atoms with Crippen LogP contribution in [0.2, 0.25) is 0 Å². The number of esters is 1. The lowest BCUT2D eigenvalue weighted by molar-refractivity contribution is -0.0795. The second-order valence-corrected chi connectivity index (χ2v) is 10.4. The fraction of sp³-hybridized carbons (Fsp3) is 0.148. The first-order valence-electron chi connectivity index (χ1n) is 11.4. The summed E-state index contributed by atoms with van der Waals surface area (Å²) in [6, 6.07) is 13.1. The van der Waals surface area contributed by atoms with E-state index in [2.05, 4.69) is 9.47 Å². The van der Waals surface area contributed by atoms with Gasteiger partial charge in [-0.3, -0.25) is 0 Å². The summed E-state index contributed by atoms with van der Waals surface area (Å²) in [5.74, 6) is -1.85. The minimum absolute atomic E-state index is 0.0664. The van der Waals surface area contributed by atoms with Crippen LogP contribution in [0.3, 0.4) is 0 Å². The van der Waals surface area contributed by atoms with Crippen LogP contribution in [0, 0.1) is 0 Å². The maximum atomic E-state index is 13.8. The van der Waals surface area contributed by atoms with Gasteiger partial charge < -0.3 is 23.7 Å². The number of halogens is 9. The zero-order chi connectivity index (χ0) is 30.9. The van der Waals surface area contributed by atoms with Gasteiger partial charge in [0, 0.05) is 17.2 Å². The van der Waals surface area contributed by atoms with Gasteiger partial charge in [-0.25, -0.2) is 4.79 Å². The molecule has 42 heavy (non-hydrogen) atoms. The van der Waals surface area contributed by atoms with E-state index in [9.17, 15) is 31.1 Å². The molecule has 0 radical (unpaired) electrons. The first kappa shape index (κ1) is 32.8. The summed E-state index contributed by atoms with van der Waals surface area (Å²) in [6.07, 6.45) is -9.22. The third kappa shape index (κ3) is 10.3. The van der Waals surface area contributed by atoms with Gasteiger partial charge in [-0.2, -0.15) is 26.3 Å². The topological polar surface area (TPSA) is 63.2 Å². The van der Waals surface area contributed by atoms with Crippen LogP contribution in [-0.2, 0) is 14.2 Å². The number of hydrogen-bond acceptors (Lipinski definition) is 6. The zero-order valence-electron chi connectivity index (χ0n) is 20.7. The molecule has 3 aromatic carbocycles. The summed E-state index contributed by atoms with van der Waals surface area (Å²) in [4.78, 5) is 12.7. The van der Waals surface area contributed by atoms with Crippen molar-refractivity contribution in [3.05, 3.63) is 120 Å². The molecule has 0 heterocycles. The Hall–Kier alpha value is -3.74. The van der Waals surface area contributed by atoms with Gasteiger partial charge in [0.1, 0.15) is 18.1 Å². The smallest absolute Gasteiger partial charge is 0.342 e. The molecule has 0 saturated heterocycles. The van der Waals surface area contributed by atoms with Crippen LogP contribution in [0.5, 0.6) is 11.5 Å². The fourth-order valence-electron chi connectivity index (χ4n) is 3.12. The van der Waals surface area contributed by atoms with Crippen molar-refractivity contribution in [1.82, 2.24) is 0 Å². The third-order valence-electron chi connectivity index (χ3n) is 4.83. The van der Waals surface area contributed by atoms with E-state index in [-0.39, 0.29) is 28.2 Å². The summed E-state index contributed by atoms with van der Waals surface area (Å²) in [5.41, 5.74) is -0.232. The van der Waals surface area contributed by atoms with E-state index < -0.39 is 53.1 Å². The molecule has 0 aliphatic carbocycles. The van der Waals surface area contributed by atoms with Crippen molar-refractivity contribution in [2.24, 2.45) is 0 Å². The fourth-order valence-corrected chi connectivity index (χ4v) is 3.28. The lowest BCUT2D eigenvalue weighted by atomic mass is 10.2. The standard InChI is InChI=1S/C27H17Cl3F6O6/c28-27(29,30)14-38-24(37)17-11-18(39-25(41-22(35)20(31)32)15-7-3-1-4-8-15)13-19(12-17)40-26(42-23(36)21(33)34)16-9-5-2-6-10-16/h1-13,25-26H,14H2. The van der Waals surface area contributed by atoms with Crippen molar-refractivity contribution in [2.45, 2.75) is 16.4 Å². The van der Waals surface area contributed by atoms with Crippen molar-refractivity contribution in [3.63, 3.8) is 0 Å². The van der Waals surface area contributed by atoms with E-state index in [0.29, 0.717) is 0 Å². The zero-order valence-corrected chi connectivity index (χ0v) is 23.0. The van der Waals surface area contributed by atoms with Gasteiger partial charge >= 0.3 is 30.2 Å². The molecule has 15 heteroatoms. The minimum Gasteiger partial charge on any atom is -0.458 e. The lowest BCUT2D eigenvalue weighted by Gasteiger charge is -2.22. The molecule has 3 aromatic rings. The number of benzene rings is 3. The van der Waals surface area contributed by atoms with Crippen LogP contribution in [0.15, 0.2) is 103 Å². The molecular formula is C27H17Cl3F6O6. The third-order valence-corrected chi connectivity index (χ3v) is 5.16. The summed E-state index contributed by atoms with van der Waals surface area (Å²) in [5, 5.41) is 0. The Balaban J connectivity index is 2.05. The predicted molar refractivity (Wildman–Crippen MR) is 140 cm³/mol. The average Bonchev–Trinajstić information content (AvgIpc) is 2.95. The van der Waals surface area contributed by atoms with Gasteiger partial charge in [-0.1, -0.05) is 95.5 Å². The molecule has 0 aromatic heterocycles. The van der Waals surface area contributed by atoms with Gasteiger partial charge in [0.2, 0.25) is 3.79 Å². The van der Waals surface area contributed by atoms with E-state index in [0.717, 1.165) is 18.2 Å². The van der Waals surface area contributed by atoms with E-state index in [1.54, 1.807) is 12.1 Å². The Labute approximate surface area is 249 Å². The Kier molecular flexibility index (Phi) is 11.7. The quantitative estimate of drug-likeness (QED) is 0.0636. The highest BCUT2D eigenvalue weighted by Crippen LogP contribution is 2.34. The highest BCUT2D eigenvalue weighted by atomic mass is 35.6. The molecule has 3 rings (SSSR count). The molecule has 0 amide bonds. The first-order chi connectivity index (χ1) is 19.8. The number of alkyl halides is 3. The van der Waals surface area contributed by atoms with Gasteiger partial charge in [-0.05, 0) is 12.1 Å². The number of ether oxygens (including phenoxy) is 5. The Morgan fingerprint density at radius 2 is 1.07 bits per heavy atom. The van der Waals surface area contributed by atoms with Crippen LogP contribution in [-0.4, -0.2) is 16.4 Å². The maximum absolute atomic E-state index is 13.8. The van der Waals surface area contributed by atoms with Crippen LogP contribution in [0.25, 0.3) is 0 Å². The van der Waals surface area contributed by atoms with Crippen molar-refractivity contribution in [3.8, 4) is 11.5 Å². The van der Waals surface area contributed by atoms with Crippen LogP contribution in [0.1, 0.15) is 34.1 Å². The van der Waals surface area contributed by atoms with Crippen molar-refractivity contribution >= 4 is 40.8 Å². The summed E-state index contributed by atoms with van der Waals surface area (Å²) >= 11 is 16.9. The van der Waals surface area contributed by atoms with Crippen molar-refractivity contribution in [1.29, 1.82) is 0 Å². The summed E-state index contributed by atoms with van der Waals surface area (Å²) < 4.78 is 102. The molecule has 0 N–H and O–H groups in total. The Morgan fingerprint density at radius 3 is 1.43 bits per heavy atom. The summed E-state index contributed by atoms with van der Waals surface area (Å²) in [6.45, 7) is -0.707. The predicted octanol–water partition coefficient (Wildman–Crippen LogP) is 9.47. The number of carbonyl (C=O) groups is 1. The molecule has 0 spiro atoms. The molecule has 2 unspecified atom stereocenters. The Bertz CT molecular complexity index is 1320. The molecule has 6 nitrogen and oxygen atoms in total. The molecular weight excluding hydrogens is 641 g/mol. The minimum atomic E-state index is -2.77. The average molecular weight is 658 g/mol. The van der Waals surface area contributed by atoms with Gasteiger partial charge in [0.25, 0.3) is 12.6 Å². The number of rotatable bonds is 12. The molecule has 0 bridgehead atoms. The van der Waals surface area contributed by atoms with Gasteiger partial charge in [-0.15, -0.1) is 0 Å². The molecule has 0 aliphatic heterocycles. The lowest BCUT2D eigenvalue weighted by Crippen LogP contribution is -2.18. The first-order valence-corrected chi connectivity index (χ1v) is 12.5. The normalized spacial score (nSPS) is 12.4. The maximum Gasteiger partial charge on any atom is 0.342 e. The van der Waals surface area contributed by atoms with Gasteiger partial charge in [0.05, 0.1) is 5.56 Å². The van der Waals surface area contributed by atoms with E-state index >= 15 is 0 Å². The number of carbonyl (C=O) groups excluding carboxylic acids is 1. The molecule has 224 valence electrons. The molecule has 0 aliphatic rings. The second kappa shape index (κ2) is 14.9. The van der Waals surface area contributed by atoms with E-state index in [1.165, 1.54) is 48.5 Å². The van der Waals surface area contributed by atoms with Crippen molar-refractivity contribution in [2.75, 3.05) is 6.61 Å². The van der Waals surface area contributed by atoms with Crippen LogP contribution >= 0.6 is 34.8 Å². The van der Waals surface area contributed by atoms with E-state index in [1.807, 2.05) is 0 Å². The highest BCUT2D eigenvalue weighted by Gasteiger charge is 2.26. The molecule has 0 saturated carbocycles. The molecule has 0 fully saturated rings. The number of hydrogen-bond donors (Lipinski definition) is 0. The second-order valence-electron chi connectivity index (χ2n) is 7.91. The largest absolute Gasteiger partial charge is 0.458 e. The van der Waals surface area contributed by atoms with Crippen molar-refractivity contribution < 1.29 is 54.8 Å². The van der Waals surface area contributed by atoms with Crippen LogP contribution < -0.4 is 9.47 Å². The SMILES string of the molecule is O=C(OCC(Cl)(Cl)Cl)c1cc(OC(OC(F)=C(F)F)c2ccccc2)cc(OC(OC(F)=C(F)F)c2ccccc2)c1. The van der Waals surface area contributed by atoms with E-state index in [4.69, 9.17) is 49.0 Å². The Morgan fingerprint density at radius 1 is 0.667 bits per heavy atom. The summed E-state index contributed by atoms with van der Waals surface area (Å²) in [7, 11) is 0. The molecule has 2 atom stereocenters. The van der Waals surface area contributed by atoms with Gasteiger partial charge in [0.15, 0.2) is 0 Å². The monoisotopic (exact) mass is 656 g/mol. The highest BCUT2D eigenvalue weighted by molar-refractivity contribution is 6.67.